The van der Waals surface area contributed by atoms with Crippen molar-refractivity contribution >= 4 is 17.7 Å². The number of carbonyl (C=O) groups is 3. The number of nitrogens with zero attached hydrogens (tertiary/aromatic N) is 2. The standard InChI is InChI=1S/C18H23N3O3/c1-2-20-12-14(10-17(20)23)18(24)21-9-8-19-16(22)11-15(21)13-6-4-3-5-7-13/h3-7,14-15H,2,8-12H2,1H3,(H,19,22)/t14-,15-/m0/s1. The third kappa shape index (κ3) is 3.27. The normalized spacial score (nSPS) is 24.7. The maximum absolute atomic E-state index is 13.1. The minimum absolute atomic E-state index is 0.0235. The van der Waals surface area contributed by atoms with E-state index in [1.165, 1.54) is 0 Å². The van der Waals surface area contributed by atoms with Crippen LogP contribution in [-0.4, -0.2) is 53.7 Å². The molecule has 0 bridgehead atoms. The minimum atomic E-state index is -0.308. The van der Waals surface area contributed by atoms with Crippen LogP contribution < -0.4 is 5.32 Å². The Morgan fingerprint density at radius 2 is 1.96 bits per heavy atom. The van der Waals surface area contributed by atoms with Crippen LogP contribution in [0.4, 0.5) is 0 Å². The van der Waals surface area contributed by atoms with Gasteiger partial charge in [0.05, 0.1) is 18.4 Å². The van der Waals surface area contributed by atoms with Crippen LogP contribution in [0.1, 0.15) is 31.4 Å². The highest BCUT2D eigenvalue weighted by Gasteiger charge is 2.39. The molecule has 6 heteroatoms. The molecule has 3 rings (SSSR count). The molecular weight excluding hydrogens is 306 g/mol. The summed E-state index contributed by atoms with van der Waals surface area (Å²) >= 11 is 0. The molecule has 1 N–H and O–H groups in total. The lowest BCUT2D eigenvalue weighted by atomic mass is 9.99. The fraction of sp³-hybridized carbons (Fsp3) is 0.500. The molecule has 24 heavy (non-hydrogen) atoms. The number of hydrogen-bond donors (Lipinski definition) is 1. The molecule has 0 spiro atoms. The molecule has 6 nitrogen and oxygen atoms in total. The van der Waals surface area contributed by atoms with Crippen LogP contribution in [0.25, 0.3) is 0 Å². The summed E-state index contributed by atoms with van der Waals surface area (Å²) in [6.07, 6.45) is 0.528. The van der Waals surface area contributed by atoms with Gasteiger partial charge in [-0.15, -0.1) is 0 Å². The van der Waals surface area contributed by atoms with Crippen molar-refractivity contribution < 1.29 is 14.4 Å². The van der Waals surface area contributed by atoms with Gasteiger partial charge < -0.3 is 15.1 Å². The van der Waals surface area contributed by atoms with E-state index in [2.05, 4.69) is 5.32 Å². The van der Waals surface area contributed by atoms with E-state index in [-0.39, 0.29) is 42.5 Å². The average Bonchev–Trinajstić information content (AvgIpc) is 2.86. The number of nitrogens with one attached hydrogen (secondary N) is 1. The molecule has 2 atom stereocenters. The highest BCUT2D eigenvalue weighted by atomic mass is 16.2. The number of likely N-dealkylation sites (tertiary alicyclic amines) is 1. The molecule has 2 saturated heterocycles. The molecule has 3 amide bonds. The predicted octanol–water partition coefficient (Wildman–Crippen LogP) is 0.945. The highest BCUT2D eigenvalue weighted by molar-refractivity contribution is 5.90. The molecule has 128 valence electrons. The van der Waals surface area contributed by atoms with E-state index >= 15 is 0 Å². The molecular formula is C18H23N3O3. The van der Waals surface area contributed by atoms with Crippen molar-refractivity contribution in [2.24, 2.45) is 5.92 Å². The summed E-state index contributed by atoms with van der Waals surface area (Å²) < 4.78 is 0. The first kappa shape index (κ1) is 16.5. The SMILES string of the molecule is CCN1C[C@@H](C(=O)N2CCNC(=O)C[C@H]2c2ccccc2)CC1=O. The number of rotatable bonds is 3. The fourth-order valence-corrected chi connectivity index (χ4v) is 3.54. The third-order valence-electron chi connectivity index (χ3n) is 4.84. The molecule has 2 aliphatic rings. The van der Waals surface area contributed by atoms with Gasteiger partial charge >= 0.3 is 0 Å². The van der Waals surface area contributed by atoms with E-state index in [4.69, 9.17) is 0 Å². The summed E-state index contributed by atoms with van der Waals surface area (Å²) in [5.41, 5.74) is 0.958. The van der Waals surface area contributed by atoms with Crippen molar-refractivity contribution in [3.8, 4) is 0 Å². The van der Waals surface area contributed by atoms with Gasteiger partial charge in [0, 0.05) is 32.6 Å². The Morgan fingerprint density at radius 3 is 2.62 bits per heavy atom. The molecule has 0 radical (unpaired) electrons. The van der Waals surface area contributed by atoms with Crippen molar-refractivity contribution in [2.75, 3.05) is 26.2 Å². The molecule has 0 aliphatic carbocycles. The van der Waals surface area contributed by atoms with E-state index in [9.17, 15) is 14.4 Å². The van der Waals surface area contributed by atoms with Gasteiger partial charge in [-0.2, -0.15) is 0 Å². The summed E-state index contributed by atoms with van der Waals surface area (Å²) in [5, 5.41) is 2.84. The average molecular weight is 329 g/mol. The molecule has 1 aromatic carbocycles. The maximum atomic E-state index is 13.1. The Hall–Kier alpha value is -2.37. The Bertz CT molecular complexity index is 632. The maximum Gasteiger partial charge on any atom is 0.228 e. The van der Waals surface area contributed by atoms with Crippen LogP contribution in [0.3, 0.4) is 0 Å². The van der Waals surface area contributed by atoms with Crippen molar-refractivity contribution in [3.63, 3.8) is 0 Å². The van der Waals surface area contributed by atoms with Crippen LogP contribution in [-0.2, 0) is 14.4 Å². The van der Waals surface area contributed by atoms with Crippen molar-refractivity contribution in [3.05, 3.63) is 35.9 Å². The minimum Gasteiger partial charge on any atom is -0.354 e. The lowest BCUT2D eigenvalue weighted by molar-refractivity contribution is -0.138. The Balaban J connectivity index is 1.84. The van der Waals surface area contributed by atoms with Gasteiger partial charge in [0.1, 0.15) is 0 Å². The van der Waals surface area contributed by atoms with Gasteiger partial charge in [-0.25, -0.2) is 0 Å². The summed E-state index contributed by atoms with van der Waals surface area (Å²) in [7, 11) is 0. The number of hydrogen-bond acceptors (Lipinski definition) is 3. The smallest absolute Gasteiger partial charge is 0.228 e. The molecule has 0 aromatic heterocycles. The third-order valence-corrected chi connectivity index (χ3v) is 4.84. The van der Waals surface area contributed by atoms with Crippen LogP contribution in [0.15, 0.2) is 30.3 Å². The van der Waals surface area contributed by atoms with E-state index in [0.717, 1.165) is 5.56 Å². The number of carbonyl (C=O) groups excluding carboxylic acids is 3. The molecule has 2 fully saturated rings. The van der Waals surface area contributed by atoms with Crippen LogP contribution in [0.2, 0.25) is 0 Å². The van der Waals surface area contributed by atoms with Gasteiger partial charge in [0.15, 0.2) is 0 Å². The lowest BCUT2D eigenvalue weighted by Gasteiger charge is -2.31. The first-order valence-electron chi connectivity index (χ1n) is 8.50. The Kier molecular flexibility index (Phi) is 4.83. The van der Waals surface area contributed by atoms with Gasteiger partial charge in [0.2, 0.25) is 17.7 Å². The molecule has 2 aliphatic heterocycles. The fourth-order valence-electron chi connectivity index (χ4n) is 3.54. The zero-order chi connectivity index (χ0) is 17.1. The second kappa shape index (κ2) is 7.03. The van der Waals surface area contributed by atoms with Crippen LogP contribution in [0.5, 0.6) is 0 Å². The van der Waals surface area contributed by atoms with Crippen molar-refractivity contribution in [1.82, 2.24) is 15.1 Å². The topological polar surface area (TPSA) is 69.7 Å². The summed E-state index contributed by atoms with van der Waals surface area (Å²) in [6, 6.07) is 9.37. The quantitative estimate of drug-likeness (QED) is 0.897. The van der Waals surface area contributed by atoms with Crippen LogP contribution >= 0.6 is 0 Å². The zero-order valence-electron chi connectivity index (χ0n) is 13.9. The number of amides is 3. The predicted molar refractivity (Wildman–Crippen MR) is 88.9 cm³/mol. The monoisotopic (exact) mass is 329 g/mol. The molecule has 1 aromatic rings. The van der Waals surface area contributed by atoms with E-state index in [1.54, 1.807) is 9.80 Å². The van der Waals surface area contributed by atoms with E-state index in [1.807, 2.05) is 37.3 Å². The first-order chi connectivity index (χ1) is 11.6. The van der Waals surface area contributed by atoms with Gasteiger partial charge in [-0.1, -0.05) is 30.3 Å². The number of benzene rings is 1. The highest BCUT2D eigenvalue weighted by Crippen LogP contribution is 2.29. The van der Waals surface area contributed by atoms with Crippen molar-refractivity contribution in [2.45, 2.75) is 25.8 Å². The van der Waals surface area contributed by atoms with Crippen molar-refractivity contribution in [1.29, 1.82) is 0 Å². The Labute approximate surface area is 141 Å². The Morgan fingerprint density at radius 1 is 1.21 bits per heavy atom. The second-order valence-corrected chi connectivity index (χ2v) is 6.35. The molecule has 0 saturated carbocycles. The second-order valence-electron chi connectivity index (χ2n) is 6.35. The first-order valence-corrected chi connectivity index (χ1v) is 8.50. The van der Waals surface area contributed by atoms with Crippen LogP contribution in [0, 0.1) is 5.92 Å². The lowest BCUT2D eigenvalue weighted by Crippen LogP contribution is -2.41. The van der Waals surface area contributed by atoms with E-state index in [0.29, 0.717) is 26.2 Å². The largest absolute Gasteiger partial charge is 0.354 e. The summed E-state index contributed by atoms with van der Waals surface area (Å²) in [4.78, 5) is 40.5. The summed E-state index contributed by atoms with van der Waals surface area (Å²) in [6.45, 7) is 3.96. The van der Waals surface area contributed by atoms with Gasteiger partial charge in [-0.05, 0) is 12.5 Å². The molecule has 0 unspecified atom stereocenters. The zero-order valence-corrected chi connectivity index (χ0v) is 13.9. The summed E-state index contributed by atoms with van der Waals surface area (Å²) in [5.74, 6) is -0.338. The molecule has 2 heterocycles. The van der Waals surface area contributed by atoms with Gasteiger partial charge in [-0.3, -0.25) is 14.4 Å². The van der Waals surface area contributed by atoms with Gasteiger partial charge in [0.25, 0.3) is 0 Å². The van der Waals surface area contributed by atoms with E-state index < -0.39 is 0 Å².